The number of amidine groups is 1. The van der Waals surface area contributed by atoms with Crippen LogP contribution in [0.25, 0.3) is 0 Å². The molecular weight excluding hydrogens is 528 g/mol. The molecule has 1 unspecified atom stereocenters. The number of ether oxygens (including phenoxy) is 1. The van der Waals surface area contributed by atoms with Crippen LogP contribution < -0.4 is 15.5 Å². The van der Waals surface area contributed by atoms with E-state index in [9.17, 15) is 0 Å². The first-order valence-electron chi connectivity index (χ1n) is 14.3. The van der Waals surface area contributed by atoms with Gasteiger partial charge in [-0.25, -0.2) is 15.0 Å². The first-order valence-corrected chi connectivity index (χ1v) is 14.3. The highest BCUT2D eigenvalue weighted by atomic mass is 16.5. The number of nitrogens with one attached hydrogen (secondary N) is 1. The fourth-order valence-electron chi connectivity index (χ4n) is 5.59. The van der Waals surface area contributed by atoms with Gasteiger partial charge in [0.2, 0.25) is 5.82 Å². The van der Waals surface area contributed by atoms with E-state index in [0.717, 1.165) is 57.3 Å². The summed E-state index contributed by atoms with van der Waals surface area (Å²) in [5.74, 6) is 1.95. The molecule has 4 heterocycles. The van der Waals surface area contributed by atoms with E-state index in [1.807, 2.05) is 36.4 Å². The van der Waals surface area contributed by atoms with Gasteiger partial charge in [0.15, 0.2) is 0 Å². The zero-order chi connectivity index (χ0) is 29.7. The van der Waals surface area contributed by atoms with E-state index in [1.165, 1.54) is 11.9 Å². The smallest absolute Gasteiger partial charge is 0.234 e. The highest BCUT2D eigenvalue weighted by Gasteiger charge is 2.42. The number of benzene rings is 1. The normalized spacial score (nSPS) is 22.0. The number of aromatic nitrogens is 3. The largest absolute Gasteiger partial charge is 0.383 e. The Morgan fingerprint density at radius 2 is 1.98 bits per heavy atom. The van der Waals surface area contributed by atoms with E-state index >= 15 is 0 Å². The maximum atomic E-state index is 9.10. The maximum absolute atomic E-state index is 9.10. The Balaban J connectivity index is 1.31. The molecule has 0 amide bonds. The lowest BCUT2D eigenvalue weighted by molar-refractivity contribution is 0.0625. The van der Waals surface area contributed by atoms with E-state index in [1.54, 1.807) is 17.3 Å². The van der Waals surface area contributed by atoms with Crippen molar-refractivity contribution in [3.8, 4) is 6.07 Å². The van der Waals surface area contributed by atoms with Gasteiger partial charge in [0.05, 0.1) is 24.0 Å². The van der Waals surface area contributed by atoms with Crippen molar-refractivity contribution in [2.75, 3.05) is 48.3 Å². The molecule has 2 aliphatic heterocycles. The molecule has 5 rings (SSSR count). The summed E-state index contributed by atoms with van der Waals surface area (Å²) in [5, 5.41) is 17.5. The lowest BCUT2D eigenvalue weighted by atomic mass is 9.78. The van der Waals surface area contributed by atoms with Gasteiger partial charge in [0.1, 0.15) is 23.5 Å². The Bertz CT molecular complexity index is 1460. The van der Waals surface area contributed by atoms with Gasteiger partial charge >= 0.3 is 0 Å². The number of aliphatic imine (C=N–C) groups is 1. The third-order valence-corrected chi connectivity index (χ3v) is 8.70. The second-order valence-corrected chi connectivity index (χ2v) is 11.1. The molecule has 3 aromatic rings. The third kappa shape index (κ3) is 6.10. The molecule has 42 heavy (non-hydrogen) atoms. The second kappa shape index (κ2) is 12.6. The predicted octanol–water partition coefficient (Wildman–Crippen LogP) is 3.71. The van der Waals surface area contributed by atoms with Crippen molar-refractivity contribution >= 4 is 29.5 Å². The molecule has 0 spiro atoms. The van der Waals surface area contributed by atoms with Crippen molar-refractivity contribution in [2.24, 2.45) is 10.4 Å². The average Bonchev–Trinajstić information content (AvgIpc) is 3.37. The number of hydrogen-bond acceptors (Lipinski definition) is 10. The zero-order valence-corrected chi connectivity index (χ0v) is 24.4. The highest BCUT2D eigenvalue weighted by molar-refractivity contribution is 6.20. The third-order valence-electron chi connectivity index (χ3n) is 8.70. The molecule has 11 heteroatoms. The predicted molar refractivity (Wildman–Crippen MR) is 165 cm³/mol. The van der Waals surface area contributed by atoms with Crippen LogP contribution in [0.4, 0.5) is 17.3 Å². The minimum absolute atomic E-state index is 0.0705. The van der Waals surface area contributed by atoms with E-state index < -0.39 is 0 Å². The van der Waals surface area contributed by atoms with Crippen LogP contribution in [0.3, 0.4) is 0 Å². The van der Waals surface area contributed by atoms with Gasteiger partial charge < -0.3 is 15.4 Å². The molecule has 218 valence electrons. The molecular formula is C31H38N10O. The van der Waals surface area contributed by atoms with Crippen LogP contribution in [0, 0.1) is 22.2 Å². The lowest BCUT2D eigenvalue weighted by Crippen LogP contribution is -2.46. The van der Waals surface area contributed by atoms with Gasteiger partial charge in [0.25, 0.3) is 0 Å². The van der Waals surface area contributed by atoms with E-state index in [0.29, 0.717) is 17.2 Å². The summed E-state index contributed by atoms with van der Waals surface area (Å²) in [6, 6.07) is 15.8. The van der Waals surface area contributed by atoms with Crippen molar-refractivity contribution in [2.45, 2.75) is 45.9 Å². The number of nitrogens with two attached hydrogens (primary N) is 1. The number of anilines is 3. The van der Waals surface area contributed by atoms with Gasteiger partial charge in [-0.3, -0.25) is 20.2 Å². The molecule has 0 bridgehead atoms. The van der Waals surface area contributed by atoms with Crippen LogP contribution >= 0.6 is 0 Å². The Morgan fingerprint density at radius 3 is 2.62 bits per heavy atom. The highest BCUT2D eigenvalue weighted by Crippen LogP contribution is 2.39. The Kier molecular flexibility index (Phi) is 8.75. The molecule has 11 nitrogen and oxygen atoms in total. The molecule has 0 radical (unpaired) electrons. The molecule has 2 saturated heterocycles. The van der Waals surface area contributed by atoms with Crippen molar-refractivity contribution in [3.05, 3.63) is 71.8 Å². The minimum Gasteiger partial charge on any atom is -0.383 e. The monoisotopic (exact) mass is 566 g/mol. The van der Waals surface area contributed by atoms with Crippen molar-refractivity contribution < 1.29 is 4.74 Å². The van der Waals surface area contributed by atoms with Crippen LogP contribution in [0.1, 0.15) is 44.1 Å². The number of rotatable bonds is 8. The van der Waals surface area contributed by atoms with Crippen molar-refractivity contribution in [1.29, 1.82) is 10.7 Å². The molecule has 0 saturated carbocycles. The van der Waals surface area contributed by atoms with Crippen molar-refractivity contribution in [1.82, 2.24) is 19.9 Å². The van der Waals surface area contributed by atoms with Crippen LogP contribution in [-0.4, -0.2) is 77.0 Å². The summed E-state index contributed by atoms with van der Waals surface area (Å²) >= 11 is 0. The maximum Gasteiger partial charge on any atom is 0.234 e. The Labute approximate surface area is 247 Å². The average molecular weight is 567 g/mol. The van der Waals surface area contributed by atoms with Crippen molar-refractivity contribution in [3.63, 3.8) is 0 Å². The number of nitrogen functional groups attached to an aromatic ring is 1. The van der Waals surface area contributed by atoms with E-state index in [4.69, 9.17) is 26.1 Å². The molecule has 2 aromatic heterocycles. The number of pyridine rings is 1. The SMILES string of the molecule is CC1OCC[C@@]1(C)[C@H](C)N=C(c1cccnc1N)N(C=N)c1ccc(CN2CCN(c3ccnc(C#N)n3)CC2)cc1. The van der Waals surface area contributed by atoms with Gasteiger partial charge in [-0.1, -0.05) is 19.1 Å². The first kappa shape index (κ1) is 29.1. The summed E-state index contributed by atoms with van der Waals surface area (Å²) in [5.41, 5.74) is 8.89. The van der Waals surface area contributed by atoms with E-state index in [2.05, 4.69) is 57.7 Å². The van der Waals surface area contributed by atoms with E-state index in [-0.39, 0.29) is 23.4 Å². The van der Waals surface area contributed by atoms with Gasteiger partial charge in [-0.05, 0) is 56.2 Å². The molecule has 1 aromatic carbocycles. The number of hydrogen-bond donors (Lipinski definition) is 2. The summed E-state index contributed by atoms with van der Waals surface area (Å²) in [6.45, 7) is 11.4. The van der Waals surface area contributed by atoms with Gasteiger partial charge in [-0.15, -0.1) is 0 Å². The summed E-state index contributed by atoms with van der Waals surface area (Å²) in [6.07, 6.45) is 5.58. The summed E-state index contributed by atoms with van der Waals surface area (Å²) in [7, 11) is 0. The standard InChI is InChI=1S/C31H38N10O/c1-22(31(3)11-18-42-23(31)2)37-30(26-5-4-12-36-29(26)34)41(21-33)25-8-6-24(7-9-25)20-39-14-16-40(17-15-39)28-10-13-35-27(19-32)38-28/h4-10,12-13,21-23,33H,11,14-18,20H2,1-3H3,(H2,34,36)/t22-,23?,31-/m0/s1. The zero-order valence-electron chi connectivity index (χ0n) is 24.4. The van der Waals surface area contributed by atoms with Gasteiger partial charge in [-0.2, -0.15) is 5.26 Å². The molecule has 3 N–H and O–H groups in total. The summed E-state index contributed by atoms with van der Waals surface area (Å²) < 4.78 is 5.90. The van der Waals surface area contributed by atoms with Crippen LogP contribution in [0.15, 0.2) is 59.9 Å². The fourth-order valence-corrected chi connectivity index (χ4v) is 5.59. The number of piperazine rings is 1. The Morgan fingerprint density at radius 1 is 1.21 bits per heavy atom. The second-order valence-electron chi connectivity index (χ2n) is 11.1. The fraction of sp³-hybridized carbons (Fsp3) is 0.419. The molecule has 0 aliphatic carbocycles. The molecule has 3 atom stereocenters. The van der Waals surface area contributed by atoms with Crippen LogP contribution in [-0.2, 0) is 11.3 Å². The lowest BCUT2D eigenvalue weighted by Gasteiger charge is -2.35. The Hall–Kier alpha value is -4.40. The van der Waals surface area contributed by atoms with Crippen LogP contribution in [0.2, 0.25) is 0 Å². The topological polar surface area (TPSA) is 144 Å². The number of nitriles is 1. The molecule has 2 fully saturated rings. The van der Waals surface area contributed by atoms with Crippen LogP contribution in [0.5, 0.6) is 0 Å². The number of nitrogens with zero attached hydrogens (tertiary/aromatic N) is 8. The first-order chi connectivity index (χ1) is 20.3. The molecule has 2 aliphatic rings. The quantitative estimate of drug-likeness (QED) is 0.308. The minimum atomic E-state index is -0.130. The van der Waals surface area contributed by atoms with Gasteiger partial charge in [0, 0.05) is 62.8 Å². The summed E-state index contributed by atoms with van der Waals surface area (Å²) in [4.78, 5) is 24.1.